The van der Waals surface area contributed by atoms with E-state index in [-0.39, 0.29) is 17.6 Å². The zero-order chi connectivity index (χ0) is 12.9. The second-order valence-electron chi connectivity index (χ2n) is 5.84. The number of hydrogen-bond acceptors (Lipinski definition) is 3. The molecule has 2 atom stereocenters. The largest absolute Gasteiger partial charge is 0.380 e. The van der Waals surface area contributed by atoms with Gasteiger partial charge >= 0.3 is 0 Å². The molecule has 1 rings (SSSR count). The number of ether oxygens (including phenoxy) is 1. The summed E-state index contributed by atoms with van der Waals surface area (Å²) in [6, 6.07) is 0.319. The molecular formula is C13H26N2O2. The van der Waals surface area contributed by atoms with Crippen molar-refractivity contribution in [2.24, 2.45) is 0 Å². The maximum atomic E-state index is 11.7. The molecule has 4 nitrogen and oxygen atoms in total. The standard InChI is InChI=1S/C13H26N2O2/c1-13(2,3)15-12(16)9-14-10-7-5-6-8-11(10)17-4/h10-11,14H,5-9H2,1-4H3,(H,15,16). The van der Waals surface area contributed by atoms with Crippen LogP contribution in [0.2, 0.25) is 0 Å². The van der Waals surface area contributed by atoms with Crippen LogP contribution in [-0.4, -0.2) is 37.2 Å². The summed E-state index contributed by atoms with van der Waals surface area (Å²) in [5.74, 6) is 0.0536. The SMILES string of the molecule is COC1CCCCC1NCC(=O)NC(C)(C)C. The Morgan fingerprint density at radius 2 is 1.94 bits per heavy atom. The molecule has 1 aliphatic rings. The number of amides is 1. The van der Waals surface area contributed by atoms with Crippen LogP contribution < -0.4 is 10.6 Å². The third kappa shape index (κ3) is 5.50. The molecule has 17 heavy (non-hydrogen) atoms. The summed E-state index contributed by atoms with van der Waals surface area (Å²) < 4.78 is 5.44. The first-order valence-corrected chi connectivity index (χ1v) is 6.49. The summed E-state index contributed by atoms with van der Waals surface area (Å²) in [6.07, 6.45) is 4.89. The zero-order valence-corrected chi connectivity index (χ0v) is 11.5. The van der Waals surface area contributed by atoms with E-state index in [0.29, 0.717) is 12.6 Å². The summed E-state index contributed by atoms with van der Waals surface area (Å²) in [5, 5.41) is 6.26. The van der Waals surface area contributed by atoms with Gasteiger partial charge in [-0.3, -0.25) is 4.79 Å². The fraction of sp³-hybridized carbons (Fsp3) is 0.923. The predicted molar refractivity (Wildman–Crippen MR) is 69.0 cm³/mol. The van der Waals surface area contributed by atoms with Crippen LogP contribution >= 0.6 is 0 Å². The molecule has 1 fully saturated rings. The summed E-state index contributed by atoms with van der Waals surface area (Å²) >= 11 is 0. The minimum Gasteiger partial charge on any atom is -0.380 e. The van der Waals surface area contributed by atoms with Crippen LogP contribution in [0.3, 0.4) is 0 Å². The number of rotatable bonds is 4. The van der Waals surface area contributed by atoms with Crippen molar-refractivity contribution in [1.82, 2.24) is 10.6 Å². The van der Waals surface area contributed by atoms with Gasteiger partial charge in [0, 0.05) is 18.7 Å². The monoisotopic (exact) mass is 242 g/mol. The Balaban J connectivity index is 2.31. The van der Waals surface area contributed by atoms with Crippen LogP contribution in [0.1, 0.15) is 46.5 Å². The summed E-state index contributed by atoms with van der Waals surface area (Å²) in [6.45, 7) is 6.35. The van der Waals surface area contributed by atoms with Crippen molar-refractivity contribution in [2.45, 2.75) is 64.1 Å². The minimum absolute atomic E-state index is 0.0536. The maximum Gasteiger partial charge on any atom is 0.234 e. The number of nitrogens with one attached hydrogen (secondary N) is 2. The molecule has 0 spiro atoms. The highest BCUT2D eigenvalue weighted by Gasteiger charge is 2.25. The van der Waals surface area contributed by atoms with Crippen molar-refractivity contribution in [2.75, 3.05) is 13.7 Å². The normalized spacial score (nSPS) is 25.6. The van der Waals surface area contributed by atoms with E-state index in [2.05, 4.69) is 10.6 Å². The molecule has 0 radical (unpaired) electrons. The summed E-state index contributed by atoms with van der Waals surface area (Å²) in [5.41, 5.74) is -0.161. The van der Waals surface area contributed by atoms with Crippen LogP contribution in [0.5, 0.6) is 0 Å². The maximum absolute atomic E-state index is 11.7. The highest BCUT2D eigenvalue weighted by atomic mass is 16.5. The van der Waals surface area contributed by atoms with Gasteiger partial charge in [0.1, 0.15) is 0 Å². The lowest BCUT2D eigenvalue weighted by Crippen LogP contribution is -2.50. The van der Waals surface area contributed by atoms with E-state index >= 15 is 0 Å². The van der Waals surface area contributed by atoms with E-state index < -0.39 is 0 Å². The molecule has 2 unspecified atom stereocenters. The van der Waals surface area contributed by atoms with E-state index in [4.69, 9.17) is 4.74 Å². The Labute approximate surface area is 104 Å². The predicted octanol–water partition coefficient (Wildman–Crippen LogP) is 1.45. The number of carbonyl (C=O) groups is 1. The fourth-order valence-electron chi connectivity index (χ4n) is 2.30. The van der Waals surface area contributed by atoms with E-state index in [1.54, 1.807) is 7.11 Å². The van der Waals surface area contributed by atoms with E-state index in [9.17, 15) is 4.79 Å². The van der Waals surface area contributed by atoms with Crippen LogP contribution in [0.25, 0.3) is 0 Å². The van der Waals surface area contributed by atoms with Crippen molar-refractivity contribution < 1.29 is 9.53 Å². The number of carbonyl (C=O) groups excluding carboxylic acids is 1. The van der Waals surface area contributed by atoms with Crippen LogP contribution in [0.15, 0.2) is 0 Å². The van der Waals surface area contributed by atoms with Crippen molar-refractivity contribution in [3.05, 3.63) is 0 Å². The third-order valence-corrected chi connectivity index (χ3v) is 3.04. The van der Waals surface area contributed by atoms with Gasteiger partial charge in [-0.2, -0.15) is 0 Å². The second kappa shape index (κ2) is 6.36. The Morgan fingerprint density at radius 1 is 1.29 bits per heavy atom. The van der Waals surface area contributed by atoms with E-state index in [0.717, 1.165) is 12.8 Å². The Morgan fingerprint density at radius 3 is 2.53 bits per heavy atom. The molecular weight excluding hydrogens is 216 g/mol. The molecule has 0 heterocycles. The second-order valence-corrected chi connectivity index (χ2v) is 5.84. The average Bonchev–Trinajstić information content (AvgIpc) is 2.24. The minimum atomic E-state index is -0.161. The average molecular weight is 242 g/mol. The van der Waals surface area contributed by atoms with Crippen molar-refractivity contribution in [3.8, 4) is 0 Å². The van der Waals surface area contributed by atoms with Crippen molar-refractivity contribution >= 4 is 5.91 Å². The Bertz CT molecular complexity index is 248. The number of hydrogen-bond donors (Lipinski definition) is 2. The molecule has 1 aliphatic carbocycles. The number of methoxy groups -OCH3 is 1. The van der Waals surface area contributed by atoms with Gasteiger partial charge in [-0.25, -0.2) is 0 Å². The summed E-state index contributed by atoms with van der Waals surface area (Å²) in [4.78, 5) is 11.7. The van der Waals surface area contributed by atoms with Gasteiger partial charge in [0.15, 0.2) is 0 Å². The van der Waals surface area contributed by atoms with Crippen LogP contribution in [0, 0.1) is 0 Å². The van der Waals surface area contributed by atoms with Crippen molar-refractivity contribution in [3.63, 3.8) is 0 Å². The molecule has 100 valence electrons. The van der Waals surface area contributed by atoms with Gasteiger partial charge in [-0.05, 0) is 33.6 Å². The highest BCUT2D eigenvalue weighted by Crippen LogP contribution is 2.20. The molecule has 0 aromatic carbocycles. The lowest BCUT2D eigenvalue weighted by atomic mass is 9.92. The van der Waals surface area contributed by atoms with Crippen LogP contribution in [-0.2, 0) is 9.53 Å². The first-order chi connectivity index (χ1) is 7.92. The molecule has 2 N–H and O–H groups in total. The topological polar surface area (TPSA) is 50.4 Å². The van der Waals surface area contributed by atoms with Gasteiger partial charge in [0.2, 0.25) is 5.91 Å². The van der Waals surface area contributed by atoms with E-state index in [1.807, 2.05) is 20.8 Å². The lowest BCUT2D eigenvalue weighted by Gasteiger charge is -2.31. The zero-order valence-electron chi connectivity index (χ0n) is 11.5. The quantitative estimate of drug-likeness (QED) is 0.784. The molecule has 0 aromatic heterocycles. The van der Waals surface area contributed by atoms with Crippen LogP contribution in [0.4, 0.5) is 0 Å². The molecule has 0 saturated heterocycles. The van der Waals surface area contributed by atoms with Gasteiger partial charge in [0.05, 0.1) is 12.6 Å². The molecule has 0 bridgehead atoms. The summed E-state index contributed by atoms with van der Waals surface area (Å²) in [7, 11) is 1.75. The van der Waals surface area contributed by atoms with Gasteiger partial charge in [-0.1, -0.05) is 12.8 Å². The first kappa shape index (κ1) is 14.5. The van der Waals surface area contributed by atoms with Crippen molar-refractivity contribution in [1.29, 1.82) is 0 Å². The van der Waals surface area contributed by atoms with Gasteiger partial charge in [-0.15, -0.1) is 0 Å². The Kier molecular flexibility index (Phi) is 5.40. The molecule has 0 aromatic rings. The molecule has 0 aliphatic heterocycles. The van der Waals surface area contributed by atoms with Gasteiger partial charge in [0.25, 0.3) is 0 Å². The fourth-order valence-corrected chi connectivity index (χ4v) is 2.30. The highest BCUT2D eigenvalue weighted by molar-refractivity contribution is 5.78. The Hall–Kier alpha value is -0.610. The lowest BCUT2D eigenvalue weighted by molar-refractivity contribution is -0.122. The first-order valence-electron chi connectivity index (χ1n) is 6.49. The van der Waals surface area contributed by atoms with E-state index in [1.165, 1.54) is 12.8 Å². The molecule has 1 amide bonds. The smallest absolute Gasteiger partial charge is 0.234 e. The molecule has 1 saturated carbocycles. The van der Waals surface area contributed by atoms with Gasteiger partial charge < -0.3 is 15.4 Å². The molecule has 4 heteroatoms. The third-order valence-electron chi connectivity index (χ3n) is 3.04.